The van der Waals surface area contributed by atoms with Gasteiger partial charge in [-0.25, -0.2) is 0 Å². The lowest BCUT2D eigenvalue weighted by Crippen LogP contribution is -2.10. The highest BCUT2D eigenvalue weighted by molar-refractivity contribution is 6.18. The van der Waals surface area contributed by atoms with Gasteiger partial charge in [0.1, 0.15) is 11.2 Å². The van der Waals surface area contributed by atoms with E-state index in [4.69, 9.17) is 4.42 Å². The normalized spacial score (nSPS) is 11.8. The van der Waals surface area contributed by atoms with Gasteiger partial charge >= 0.3 is 0 Å². The molecular weight excluding hydrogens is 765 g/mol. The molecule has 0 unspecified atom stereocenters. The number of nitrogens with zero attached hydrogens (tertiary/aromatic N) is 2. The monoisotopic (exact) mass is 802 g/mol. The van der Waals surface area contributed by atoms with Gasteiger partial charge in [-0.2, -0.15) is 0 Å². The SMILES string of the molecule is c1cc(-c2ccc(N(c3ccc(-c4cccc5c4oc4c6ccccc6ccc54)cc3)c3cc4ccccc4c4ccccc34)cc2)cc(-n2c3ccccc3c3ccccc32)c1. The average molecular weight is 803 g/mol. The van der Waals surface area contributed by atoms with Gasteiger partial charge in [-0.3, -0.25) is 0 Å². The van der Waals surface area contributed by atoms with Crippen molar-refractivity contribution in [2.24, 2.45) is 0 Å². The van der Waals surface area contributed by atoms with Crippen molar-refractivity contribution in [1.29, 1.82) is 0 Å². The van der Waals surface area contributed by atoms with Gasteiger partial charge in [0, 0.05) is 54.9 Å². The molecule has 0 bridgehead atoms. The smallest absolute Gasteiger partial charge is 0.143 e. The van der Waals surface area contributed by atoms with E-state index in [2.05, 4.69) is 240 Å². The van der Waals surface area contributed by atoms with Crippen LogP contribution >= 0.6 is 0 Å². The molecule has 2 heterocycles. The van der Waals surface area contributed by atoms with E-state index in [0.29, 0.717) is 0 Å². The summed E-state index contributed by atoms with van der Waals surface area (Å²) in [5.41, 5.74) is 13.2. The molecule has 0 saturated heterocycles. The first-order valence-corrected chi connectivity index (χ1v) is 21.6. The molecule has 2 aromatic heterocycles. The largest absolute Gasteiger partial charge is 0.455 e. The molecule has 0 saturated carbocycles. The van der Waals surface area contributed by atoms with Gasteiger partial charge in [0.2, 0.25) is 0 Å². The molecule has 13 rings (SSSR count). The van der Waals surface area contributed by atoms with E-state index in [1.807, 2.05) is 0 Å². The van der Waals surface area contributed by atoms with Crippen molar-refractivity contribution in [2.75, 3.05) is 4.90 Å². The van der Waals surface area contributed by atoms with Crippen LogP contribution < -0.4 is 4.90 Å². The average Bonchev–Trinajstić information content (AvgIpc) is 3.91. The van der Waals surface area contributed by atoms with Gasteiger partial charge in [0.25, 0.3) is 0 Å². The lowest BCUT2D eigenvalue weighted by atomic mass is 9.98. The Hall–Kier alpha value is -8.40. The second-order valence-corrected chi connectivity index (χ2v) is 16.5. The van der Waals surface area contributed by atoms with Crippen LogP contribution in [-0.4, -0.2) is 4.57 Å². The predicted octanol–water partition coefficient (Wildman–Crippen LogP) is 16.9. The fraction of sp³-hybridized carbons (Fsp3) is 0. The molecule has 0 radical (unpaired) electrons. The Bertz CT molecular complexity index is 3860. The molecule has 3 nitrogen and oxygen atoms in total. The zero-order valence-corrected chi connectivity index (χ0v) is 34.2. The van der Waals surface area contributed by atoms with Crippen molar-refractivity contribution in [3.8, 4) is 27.9 Å². The first-order chi connectivity index (χ1) is 31.2. The van der Waals surface area contributed by atoms with E-state index < -0.39 is 0 Å². The number of fused-ring (bicyclic) bond motifs is 11. The van der Waals surface area contributed by atoms with E-state index in [1.54, 1.807) is 0 Å². The third kappa shape index (κ3) is 5.60. The Morgan fingerprint density at radius 1 is 0.317 bits per heavy atom. The summed E-state index contributed by atoms with van der Waals surface area (Å²) in [6, 6.07) is 83.4. The van der Waals surface area contributed by atoms with Crippen LogP contribution in [-0.2, 0) is 0 Å². The summed E-state index contributed by atoms with van der Waals surface area (Å²) in [7, 11) is 0. The van der Waals surface area contributed by atoms with E-state index >= 15 is 0 Å². The number of furan rings is 1. The lowest BCUT2D eigenvalue weighted by molar-refractivity contribution is 0.674. The van der Waals surface area contributed by atoms with Crippen molar-refractivity contribution in [3.05, 3.63) is 231 Å². The molecule has 0 aliphatic rings. The highest BCUT2D eigenvalue weighted by Gasteiger charge is 2.20. The van der Waals surface area contributed by atoms with Crippen LogP contribution in [0.2, 0.25) is 0 Å². The molecule has 0 spiro atoms. The molecular formula is C60H38N2O. The summed E-state index contributed by atoms with van der Waals surface area (Å²) in [5.74, 6) is 0. The quantitative estimate of drug-likeness (QED) is 0.156. The van der Waals surface area contributed by atoms with Crippen molar-refractivity contribution < 1.29 is 4.42 Å². The number of hydrogen-bond donors (Lipinski definition) is 0. The highest BCUT2D eigenvalue weighted by atomic mass is 16.3. The zero-order chi connectivity index (χ0) is 41.4. The Labute approximate surface area is 363 Å². The van der Waals surface area contributed by atoms with Crippen molar-refractivity contribution >= 4 is 93.1 Å². The first-order valence-electron chi connectivity index (χ1n) is 21.6. The number of rotatable bonds is 6. The Morgan fingerprint density at radius 3 is 1.60 bits per heavy atom. The third-order valence-electron chi connectivity index (χ3n) is 13.0. The minimum atomic E-state index is 0.909. The van der Waals surface area contributed by atoms with Gasteiger partial charge in [-0.05, 0) is 98.9 Å². The molecule has 3 heteroatoms. The standard InChI is InChI=1S/C60H38N2O/c1-4-18-48-40(13-1)31-36-55-54-24-12-23-49(59(54)63-60(48)55)41-29-34-45(35-30-41)61(58-38-43-14-2-3-17-47(43)50-19-5-6-20-51(50)58)44-32-27-39(28-33-44)42-15-11-16-46(37-42)62-56-25-9-7-21-52(56)53-22-8-10-26-57(53)62/h1-38H. The van der Waals surface area contributed by atoms with E-state index in [9.17, 15) is 0 Å². The second-order valence-electron chi connectivity index (χ2n) is 16.5. The molecule has 13 aromatic rings. The van der Waals surface area contributed by atoms with Gasteiger partial charge in [-0.15, -0.1) is 0 Å². The predicted molar refractivity (Wildman–Crippen MR) is 266 cm³/mol. The third-order valence-corrected chi connectivity index (χ3v) is 13.0. The topological polar surface area (TPSA) is 21.3 Å². The fourth-order valence-corrected chi connectivity index (χ4v) is 10.0. The van der Waals surface area contributed by atoms with Crippen LogP contribution in [0.15, 0.2) is 235 Å². The Kier molecular flexibility index (Phi) is 7.91. The first kappa shape index (κ1) is 35.4. The van der Waals surface area contributed by atoms with Gasteiger partial charge < -0.3 is 13.9 Å². The molecule has 0 amide bonds. The molecule has 294 valence electrons. The summed E-state index contributed by atoms with van der Waals surface area (Å²) < 4.78 is 9.14. The summed E-state index contributed by atoms with van der Waals surface area (Å²) in [6.45, 7) is 0. The van der Waals surface area contributed by atoms with Gasteiger partial charge in [0.05, 0.1) is 16.7 Å². The van der Waals surface area contributed by atoms with Crippen molar-refractivity contribution in [1.82, 2.24) is 4.57 Å². The summed E-state index contributed by atoms with van der Waals surface area (Å²) in [4.78, 5) is 2.41. The number of benzene rings is 11. The van der Waals surface area contributed by atoms with Crippen molar-refractivity contribution in [2.45, 2.75) is 0 Å². The number of hydrogen-bond acceptors (Lipinski definition) is 2. The van der Waals surface area contributed by atoms with Crippen LogP contribution in [0.3, 0.4) is 0 Å². The van der Waals surface area contributed by atoms with Crippen LogP contribution in [0, 0.1) is 0 Å². The van der Waals surface area contributed by atoms with Crippen molar-refractivity contribution in [3.63, 3.8) is 0 Å². The minimum absolute atomic E-state index is 0.909. The molecule has 0 fully saturated rings. The molecule has 0 aliphatic heterocycles. The summed E-state index contributed by atoms with van der Waals surface area (Å²) in [6.07, 6.45) is 0. The highest BCUT2D eigenvalue weighted by Crippen LogP contribution is 2.44. The number of aromatic nitrogens is 1. The molecule has 0 atom stereocenters. The van der Waals surface area contributed by atoms with Gasteiger partial charge in [-0.1, -0.05) is 170 Å². The fourth-order valence-electron chi connectivity index (χ4n) is 10.0. The maximum Gasteiger partial charge on any atom is 0.143 e. The van der Waals surface area contributed by atoms with E-state index in [0.717, 1.165) is 66.8 Å². The zero-order valence-electron chi connectivity index (χ0n) is 34.2. The van der Waals surface area contributed by atoms with E-state index in [-0.39, 0.29) is 0 Å². The number of para-hydroxylation sites is 3. The Morgan fingerprint density at radius 2 is 0.873 bits per heavy atom. The maximum atomic E-state index is 6.76. The number of anilines is 3. The van der Waals surface area contributed by atoms with E-state index in [1.165, 1.54) is 54.3 Å². The van der Waals surface area contributed by atoms with Crippen LogP contribution in [0.4, 0.5) is 17.1 Å². The maximum absolute atomic E-state index is 6.76. The molecule has 11 aromatic carbocycles. The molecule has 0 aliphatic carbocycles. The van der Waals surface area contributed by atoms with Crippen LogP contribution in [0.1, 0.15) is 0 Å². The second kappa shape index (κ2) is 14.1. The van der Waals surface area contributed by atoms with Crippen LogP contribution in [0.5, 0.6) is 0 Å². The minimum Gasteiger partial charge on any atom is -0.455 e. The lowest BCUT2D eigenvalue weighted by Gasteiger charge is -2.28. The summed E-state index contributed by atoms with van der Waals surface area (Å²) >= 11 is 0. The molecule has 63 heavy (non-hydrogen) atoms. The Balaban J connectivity index is 0.937. The summed E-state index contributed by atoms with van der Waals surface area (Å²) in [5, 5.41) is 12.0. The van der Waals surface area contributed by atoms with Crippen LogP contribution in [0.25, 0.3) is 104 Å². The van der Waals surface area contributed by atoms with Gasteiger partial charge in [0.15, 0.2) is 0 Å². The molecule has 0 N–H and O–H groups in total.